The lowest BCUT2D eigenvalue weighted by Gasteiger charge is -2.15. The van der Waals surface area contributed by atoms with Crippen molar-refractivity contribution in [1.29, 1.82) is 0 Å². The molecule has 1 fully saturated rings. The second kappa shape index (κ2) is 7.23. The highest BCUT2D eigenvalue weighted by Crippen LogP contribution is 2.24. The Bertz CT molecular complexity index is 664. The summed E-state index contributed by atoms with van der Waals surface area (Å²) in [6, 6.07) is 11.0. The Morgan fingerprint density at radius 3 is 2.78 bits per heavy atom. The highest BCUT2D eigenvalue weighted by atomic mass is 32.1. The van der Waals surface area contributed by atoms with E-state index in [1.54, 1.807) is 0 Å². The van der Waals surface area contributed by atoms with Gasteiger partial charge in [-0.05, 0) is 32.4 Å². The van der Waals surface area contributed by atoms with Gasteiger partial charge in [-0.3, -0.25) is 4.79 Å². The predicted octanol–water partition coefficient (Wildman–Crippen LogP) is 2.87. The van der Waals surface area contributed by atoms with Crippen LogP contribution in [0.25, 0.3) is 0 Å². The number of carbonyl (C=O) groups is 1. The van der Waals surface area contributed by atoms with Gasteiger partial charge < -0.3 is 10.2 Å². The van der Waals surface area contributed by atoms with Crippen LogP contribution >= 0.6 is 11.3 Å². The van der Waals surface area contributed by atoms with E-state index in [1.807, 2.05) is 25.1 Å². The van der Waals surface area contributed by atoms with Crippen LogP contribution in [0.5, 0.6) is 0 Å². The van der Waals surface area contributed by atoms with Gasteiger partial charge in [0.15, 0.2) is 0 Å². The van der Waals surface area contributed by atoms with Crippen molar-refractivity contribution in [3.8, 4) is 0 Å². The third kappa shape index (κ3) is 4.39. The van der Waals surface area contributed by atoms with E-state index in [2.05, 4.69) is 34.4 Å². The smallest absolute Gasteiger partial charge is 0.263 e. The van der Waals surface area contributed by atoms with Gasteiger partial charge in [-0.15, -0.1) is 11.3 Å². The van der Waals surface area contributed by atoms with Crippen LogP contribution in [0.4, 0.5) is 0 Å². The maximum atomic E-state index is 12.3. The van der Waals surface area contributed by atoms with E-state index in [4.69, 9.17) is 0 Å². The van der Waals surface area contributed by atoms with Gasteiger partial charge in [0, 0.05) is 25.6 Å². The predicted molar refractivity (Wildman–Crippen MR) is 94.1 cm³/mol. The lowest BCUT2D eigenvalue weighted by Crippen LogP contribution is -2.33. The van der Waals surface area contributed by atoms with Crippen LogP contribution < -0.4 is 5.32 Å². The number of nitrogens with one attached hydrogen (secondary N) is 1. The molecule has 5 heteroatoms. The van der Waals surface area contributed by atoms with E-state index in [1.165, 1.54) is 29.7 Å². The molecule has 122 valence electrons. The summed E-state index contributed by atoms with van der Waals surface area (Å²) in [5.74, 6) is 0.00325. The average Bonchev–Trinajstić information content (AvgIpc) is 3.32. The summed E-state index contributed by atoms with van der Waals surface area (Å²) < 4.78 is 0. The van der Waals surface area contributed by atoms with Gasteiger partial charge in [-0.1, -0.05) is 30.3 Å². The van der Waals surface area contributed by atoms with Crippen molar-refractivity contribution in [3.63, 3.8) is 0 Å². The van der Waals surface area contributed by atoms with Crippen molar-refractivity contribution in [1.82, 2.24) is 15.2 Å². The second-order valence-corrected chi connectivity index (χ2v) is 7.24. The molecular weight excluding hydrogens is 306 g/mol. The highest BCUT2D eigenvalue weighted by molar-refractivity contribution is 7.13. The number of benzene rings is 1. The van der Waals surface area contributed by atoms with Crippen molar-refractivity contribution >= 4 is 17.2 Å². The number of rotatable bonds is 7. The normalized spacial score (nSPS) is 14.2. The van der Waals surface area contributed by atoms with Crippen molar-refractivity contribution < 1.29 is 4.79 Å². The lowest BCUT2D eigenvalue weighted by molar-refractivity contribution is 0.0952. The number of aryl methyl sites for hydroxylation is 1. The van der Waals surface area contributed by atoms with Crippen LogP contribution in [0.2, 0.25) is 0 Å². The quantitative estimate of drug-likeness (QED) is 0.849. The summed E-state index contributed by atoms with van der Waals surface area (Å²) in [6.45, 7) is 3.51. The van der Waals surface area contributed by atoms with Gasteiger partial charge in [0.1, 0.15) is 4.88 Å². The van der Waals surface area contributed by atoms with Gasteiger partial charge in [0.2, 0.25) is 0 Å². The minimum Gasteiger partial charge on any atom is -0.350 e. The molecule has 0 spiro atoms. The molecule has 1 aliphatic rings. The molecule has 0 unspecified atom stereocenters. The van der Waals surface area contributed by atoms with Crippen molar-refractivity contribution in [2.75, 3.05) is 20.1 Å². The molecule has 1 aliphatic carbocycles. The first-order valence-electron chi connectivity index (χ1n) is 8.12. The minimum atomic E-state index is 0.00325. The molecule has 4 nitrogen and oxygen atoms in total. The first-order valence-corrected chi connectivity index (χ1v) is 8.94. The molecule has 1 N–H and O–H groups in total. The first kappa shape index (κ1) is 16.1. The van der Waals surface area contributed by atoms with E-state index in [9.17, 15) is 4.79 Å². The number of thiazole rings is 1. The van der Waals surface area contributed by atoms with Crippen molar-refractivity contribution in [2.45, 2.75) is 32.2 Å². The summed E-state index contributed by atoms with van der Waals surface area (Å²) in [6.07, 6.45) is 3.37. The Morgan fingerprint density at radius 1 is 1.35 bits per heavy atom. The maximum absolute atomic E-state index is 12.3. The van der Waals surface area contributed by atoms with Crippen molar-refractivity contribution in [2.24, 2.45) is 0 Å². The topological polar surface area (TPSA) is 45.2 Å². The van der Waals surface area contributed by atoms with Crippen LogP contribution in [-0.4, -0.2) is 42.0 Å². The third-order valence-corrected chi connectivity index (χ3v) is 5.32. The Hall–Kier alpha value is -1.72. The fourth-order valence-electron chi connectivity index (χ4n) is 2.63. The van der Waals surface area contributed by atoms with E-state index in [-0.39, 0.29) is 5.91 Å². The Balaban J connectivity index is 1.55. The van der Waals surface area contributed by atoms with Gasteiger partial charge in [0.05, 0.1) is 10.7 Å². The zero-order valence-corrected chi connectivity index (χ0v) is 14.5. The molecule has 0 bridgehead atoms. The molecule has 1 heterocycles. The molecule has 0 atom stereocenters. The molecule has 3 rings (SSSR count). The van der Waals surface area contributed by atoms with E-state index < -0.39 is 0 Å². The molecule has 0 radical (unpaired) electrons. The molecule has 1 saturated carbocycles. The van der Waals surface area contributed by atoms with Gasteiger partial charge in [0.25, 0.3) is 5.91 Å². The molecule has 1 amide bonds. The molecule has 0 saturated heterocycles. The number of aromatic nitrogens is 1. The summed E-state index contributed by atoms with van der Waals surface area (Å²) >= 11 is 1.50. The van der Waals surface area contributed by atoms with E-state index in [0.717, 1.165) is 34.6 Å². The number of hydrogen-bond donors (Lipinski definition) is 1. The van der Waals surface area contributed by atoms with Gasteiger partial charge >= 0.3 is 0 Å². The molecule has 23 heavy (non-hydrogen) atoms. The Kier molecular flexibility index (Phi) is 5.08. The zero-order valence-electron chi connectivity index (χ0n) is 13.7. The van der Waals surface area contributed by atoms with Gasteiger partial charge in [-0.25, -0.2) is 4.98 Å². The Labute approximate surface area is 141 Å². The SMILES string of the molecule is Cc1nc(Cc2ccccc2)sc1C(=O)NCCN(C)C1CC1. The van der Waals surface area contributed by atoms with Gasteiger partial charge in [-0.2, -0.15) is 0 Å². The number of carbonyl (C=O) groups excluding carboxylic acids is 1. The highest BCUT2D eigenvalue weighted by Gasteiger charge is 2.25. The number of hydrogen-bond acceptors (Lipinski definition) is 4. The minimum absolute atomic E-state index is 0.00325. The van der Waals surface area contributed by atoms with Crippen LogP contribution in [0.3, 0.4) is 0 Å². The average molecular weight is 329 g/mol. The largest absolute Gasteiger partial charge is 0.350 e. The Morgan fingerprint density at radius 2 is 2.09 bits per heavy atom. The summed E-state index contributed by atoms with van der Waals surface area (Å²) in [4.78, 5) is 20.0. The molecule has 0 aliphatic heterocycles. The second-order valence-electron chi connectivity index (χ2n) is 6.15. The summed E-state index contributed by atoms with van der Waals surface area (Å²) in [5, 5.41) is 4.01. The van der Waals surface area contributed by atoms with Crippen molar-refractivity contribution in [3.05, 3.63) is 51.5 Å². The number of nitrogens with zero attached hydrogens (tertiary/aromatic N) is 2. The maximum Gasteiger partial charge on any atom is 0.263 e. The van der Waals surface area contributed by atoms with Crippen LogP contribution in [0.15, 0.2) is 30.3 Å². The number of amides is 1. The monoisotopic (exact) mass is 329 g/mol. The number of likely N-dealkylation sites (N-methyl/N-ethyl adjacent to an activating group) is 1. The van der Waals surface area contributed by atoms with Crippen LogP contribution in [-0.2, 0) is 6.42 Å². The third-order valence-electron chi connectivity index (χ3n) is 4.17. The molecule has 2 aromatic rings. The molecule has 1 aromatic carbocycles. The van der Waals surface area contributed by atoms with E-state index >= 15 is 0 Å². The fourth-order valence-corrected chi connectivity index (χ4v) is 3.65. The van der Waals surface area contributed by atoms with E-state index in [0.29, 0.717) is 6.54 Å². The zero-order chi connectivity index (χ0) is 16.2. The summed E-state index contributed by atoms with van der Waals surface area (Å²) in [7, 11) is 2.12. The lowest BCUT2D eigenvalue weighted by atomic mass is 10.2. The summed E-state index contributed by atoms with van der Waals surface area (Å²) in [5.41, 5.74) is 2.05. The fraction of sp³-hybridized carbons (Fsp3) is 0.444. The molecule has 1 aromatic heterocycles. The first-order chi connectivity index (χ1) is 11.1. The van der Waals surface area contributed by atoms with Crippen LogP contribution in [0, 0.1) is 6.92 Å². The van der Waals surface area contributed by atoms with Crippen LogP contribution in [0.1, 0.15) is 38.8 Å². The standard InChI is InChI=1S/C18H23N3OS/c1-13-17(18(22)19-10-11-21(2)15-8-9-15)23-16(20-13)12-14-6-4-3-5-7-14/h3-7,15H,8-12H2,1-2H3,(H,19,22). The molecular formula is C18H23N3OS.